The molecule has 0 aliphatic heterocycles. The molecule has 2 heteroatoms. The van der Waals surface area contributed by atoms with Crippen LogP contribution >= 0.6 is 0 Å². The molecule has 0 bridgehead atoms. The molecule has 0 aromatic carbocycles. The second-order valence-corrected chi connectivity index (χ2v) is 5.07. The molecule has 16 heavy (non-hydrogen) atoms. The summed E-state index contributed by atoms with van der Waals surface area (Å²) in [5, 5.41) is 0. The highest BCUT2D eigenvalue weighted by Gasteiger charge is 2.08. The summed E-state index contributed by atoms with van der Waals surface area (Å²) in [6.07, 6.45) is 6.41. The van der Waals surface area contributed by atoms with Crippen LogP contribution in [-0.4, -0.2) is 12.6 Å². The molecule has 0 aliphatic carbocycles. The molecule has 0 saturated heterocycles. The lowest BCUT2D eigenvalue weighted by Crippen LogP contribution is -2.05. The van der Waals surface area contributed by atoms with Gasteiger partial charge >= 0.3 is 0 Å². The van der Waals surface area contributed by atoms with Gasteiger partial charge in [0.25, 0.3) is 0 Å². The van der Waals surface area contributed by atoms with Crippen LogP contribution < -0.4 is 0 Å². The van der Waals surface area contributed by atoms with Crippen molar-refractivity contribution in [2.45, 2.75) is 60.3 Å². The highest BCUT2D eigenvalue weighted by molar-refractivity contribution is 5.53. The van der Waals surface area contributed by atoms with E-state index in [-0.39, 0.29) is 0 Å². The van der Waals surface area contributed by atoms with Crippen molar-refractivity contribution in [3.05, 3.63) is 0 Å². The molecule has 0 radical (unpaired) electrons. The van der Waals surface area contributed by atoms with Crippen molar-refractivity contribution >= 4 is 12.6 Å². The molecule has 0 atom stereocenters. The third-order valence-electron chi connectivity index (χ3n) is 2.42. The van der Waals surface area contributed by atoms with E-state index in [9.17, 15) is 4.79 Å². The first-order valence-corrected chi connectivity index (χ1v) is 6.32. The normalized spacial score (nSPS) is 10.2. The predicted octanol–water partition coefficient (Wildman–Crippen LogP) is 3.88. The Bertz CT molecular complexity index is 150. The number of carbonyl (C=O) groups excluding carboxylic acids is 2. The summed E-state index contributed by atoms with van der Waals surface area (Å²) in [4.78, 5) is 19.5. The molecule has 0 aromatic rings. The van der Waals surface area contributed by atoms with Gasteiger partial charge in [-0.1, -0.05) is 40.5 Å². The summed E-state index contributed by atoms with van der Waals surface area (Å²) in [7, 11) is 0. The van der Waals surface area contributed by atoms with Crippen LogP contribution in [0.5, 0.6) is 0 Å². The van der Waals surface area contributed by atoms with E-state index in [1.165, 1.54) is 19.8 Å². The van der Waals surface area contributed by atoms with Crippen molar-refractivity contribution in [1.82, 2.24) is 0 Å². The Hall–Kier alpha value is -0.660. The van der Waals surface area contributed by atoms with Gasteiger partial charge in [-0.15, -0.1) is 0 Å². The first-order valence-electron chi connectivity index (χ1n) is 6.32. The van der Waals surface area contributed by atoms with Crippen LogP contribution in [0.25, 0.3) is 0 Å². The molecular formula is C14H28O2. The minimum Gasteiger partial charge on any atom is -0.304 e. The number of hydrogen-bond acceptors (Lipinski definition) is 2. The third-order valence-corrected chi connectivity index (χ3v) is 2.42. The largest absolute Gasteiger partial charge is 0.304 e. The summed E-state index contributed by atoms with van der Waals surface area (Å²) in [6.45, 7) is 10.3. The van der Waals surface area contributed by atoms with E-state index < -0.39 is 0 Å². The van der Waals surface area contributed by atoms with Crippen molar-refractivity contribution in [3.63, 3.8) is 0 Å². The third kappa shape index (κ3) is 15.8. The minimum absolute atomic E-state index is 0.310. The van der Waals surface area contributed by atoms with Crippen LogP contribution in [0.4, 0.5) is 0 Å². The standard InChI is InChI=1S/C12H24O.C2H4O/c1-10(2)5-7-12(9-13)8-6-11(3)4;1-2-3/h9-12H,5-8H2,1-4H3;2H,1H3. The summed E-state index contributed by atoms with van der Waals surface area (Å²) in [5.41, 5.74) is 0. The van der Waals surface area contributed by atoms with E-state index in [1.807, 2.05) is 0 Å². The average molecular weight is 228 g/mol. The summed E-state index contributed by atoms with van der Waals surface area (Å²) >= 11 is 0. The fourth-order valence-corrected chi connectivity index (χ4v) is 1.38. The molecule has 0 spiro atoms. The fourth-order valence-electron chi connectivity index (χ4n) is 1.38. The SMILES string of the molecule is CC(C)CCC(C=O)CCC(C)C.CC=O. The van der Waals surface area contributed by atoms with Crippen molar-refractivity contribution in [3.8, 4) is 0 Å². The van der Waals surface area contributed by atoms with Gasteiger partial charge in [-0.05, 0) is 31.6 Å². The highest BCUT2D eigenvalue weighted by atomic mass is 16.1. The van der Waals surface area contributed by atoms with Crippen LogP contribution in [0.2, 0.25) is 0 Å². The lowest BCUT2D eigenvalue weighted by atomic mass is 9.92. The Balaban J connectivity index is 0. The van der Waals surface area contributed by atoms with E-state index in [1.54, 1.807) is 0 Å². The van der Waals surface area contributed by atoms with Crippen LogP contribution in [0.3, 0.4) is 0 Å². The monoisotopic (exact) mass is 228 g/mol. The molecule has 0 heterocycles. The van der Waals surface area contributed by atoms with Gasteiger partial charge in [0.15, 0.2) is 0 Å². The summed E-state index contributed by atoms with van der Waals surface area (Å²) < 4.78 is 0. The van der Waals surface area contributed by atoms with Gasteiger partial charge in [0.05, 0.1) is 0 Å². The van der Waals surface area contributed by atoms with E-state index in [0.29, 0.717) is 5.92 Å². The van der Waals surface area contributed by atoms with E-state index in [0.717, 1.165) is 37.2 Å². The zero-order chi connectivity index (χ0) is 13.0. The number of hydrogen-bond donors (Lipinski definition) is 0. The minimum atomic E-state index is 0.310. The second-order valence-electron chi connectivity index (χ2n) is 5.07. The Morgan fingerprint density at radius 2 is 1.12 bits per heavy atom. The maximum Gasteiger partial charge on any atom is 0.123 e. The van der Waals surface area contributed by atoms with Crippen LogP contribution in [0.1, 0.15) is 60.3 Å². The molecule has 0 unspecified atom stereocenters. The molecule has 96 valence electrons. The van der Waals surface area contributed by atoms with Crippen molar-refractivity contribution in [2.24, 2.45) is 17.8 Å². The lowest BCUT2D eigenvalue weighted by molar-refractivity contribution is -0.111. The first-order chi connectivity index (χ1) is 7.47. The smallest absolute Gasteiger partial charge is 0.123 e. The van der Waals surface area contributed by atoms with Crippen molar-refractivity contribution < 1.29 is 9.59 Å². The Labute approximate surface area is 101 Å². The number of rotatable bonds is 7. The molecule has 0 amide bonds. The molecule has 0 aliphatic rings. The van der Waals surface area contributed by atoms with Crippen LogP contribution in [0.15, 0.2) is 0 Å². The Morgan fingerprint density at radius 3 is 1.31 bits per heavy atom. The first kappa shape index (κ1) is 17.7. The van der Waals surface area contributed by atoms with E-state index >= 15 is 0 Å². The summed E-state index contributed by atoms with van der Waals surface area (Å²) in [5.74, 6) is 1.76. The van der Waals surface area contributed by atoms with Crippen LogP contribution in [0, 0.1) is 17.8 Å². The zero-order valence-electron chi connectivity index (χ0n) is 11.5. The fraction of sp³-hybridized carbons (Fsp3) is 0.857. The zero-order valence-corrected chi connectivity index (χ0v) is 11.5. The molecule has 0 N–H and O–H groups in total. The topological polar surface area (TPSA) is 34.1 Å². The van der Waals surface area contributed by atoms with Gasteiger partial charge < -0.3 is 9.59 Å². The quantitative estimate of drug-likeness (QED) is 0.620. The lowest BCUT2D eigenvalue weighted by Gasteiger charge is -2.12. The molecule has 0 saturated carbocycles. The maximum absolute atomic E-state index is 10.7. The second kappa shape index (κ2) is 12.4. The van der Waals surface area contributed by atoms with Gasteiger partial charge in [-0.25, -0.2) is 0 Å². The van der Waals surface area contributed by atoms with Crippen LogP contribution in [-0.2, 0) is 9.59 Å². The highest BCUT2D eigenvalue weighted by Crippen LogP contribution is 2.17. The summed E-state index contributed by atoms with van der Waals surface area (Å²) in [6, 6.07) is 0. The molecular weight excluding hydrogens is 200 g/mol. The van der Waals surface area contributed by atoms with E-state index in [4.69, 9.17) is 4.79 Å². The number of carbonyl (C=O) groups is 2. The molecule has 2 nitrogen and oxygen atoms in total. The van der Waals surface area contributed by atoms with Gasteiger partial charge in [0, 0.05) is 5.92 Å². The molecule has 0 rings (SSSR count). The predicted molar refractivity (Wildman–Crippen MR) is 69.4 cm³/mol. The molecule has 0 aromatic heterocycles. The Kier molecular flexibility index (Phi) is 13.7. The van der Waals surface area contributed by atoms with Crippen molar-refractivity contribution in [1.29, 1.82) is 0 Å². The van der Waals surface area contributed by atoms with Gasteiger partial charge in [-0.3, -0.25) is 0 Å². The molecule has 0 fully saturated rings. The van der Waals surface area contributed by atoms with Crippen molar-refractivity contribution in [2.75, 3.05) is 0 Å². The maximum atomic E-state index is 10.7. The van der Waals surface area contributed by atoms with Gasteiger partial charge in [0.1, 0.15) is 12.6 Å². The van der Waals surface area contributed by atoms with E-state index in [2.05, 4.69) is 27.7 Å². The van der Waals surface area contributed by atoms with Gasteiger partial charge in [0.2, 0.25) is 0 Å². The van der Waals surface area contributed by atoms with Gasteiger partial charge in [-0.2, -0.15) is 0 Å². The Morgan fingerprint density at radius 1 is 0.812 bits per heavy atom. The average Bonchev–Trinajstić information content (AvgIpc) is 2.18. The number of aldehydes is 2.